The SMILES string of the molecule is CCCCOP(=O)(CC)CCCO. The minimum atomic E-state index is -2.41. The molecule has 3 nitrogen and oxygen atoms in total. The van der Waals surface area contributed by atoms with Gasteiger partial charge in [-0.15, -0.1) is 0 Å². The van der Waals surface area contributed by atoms with Gasteiger partial charge in [0.15, 0.2) is 0 Å². The van der Waals surface area contributed by atoms with Gasteiger partial charge in [-0.05, 0) is 12.8 Å². The van der Waals surface area contributed by atoms with Crippen molar-refractivity contribution in [2.45, 2.75) is 33.1 Å². The smallest absolute Gasteiger partial charge is 0.202 e. The number of rotatable bonds is 8. The van der Waals surface area contributed by atoms with E-state index in [0.717, 1.165) is 12.8 Å². The van der Waals surface area contributed by atoms with Crippen LogP contribution in [0.15, 0.2) is 0 Å². The molecule has 0 fully saturated rings. The maximum atomic E-state index is 11.9. The first kappa shape index (κ1) is 13.2. The van der Waals surface area contributed by atoms with Gasteiger partial charge in [0.05, 0.1) is 6.61 Å². The maximum absolute atomic E-state index is 11.9. The Morgan fingerprint density at radius 3 is 2.46 bits per heavy atom. The van der Waals surface area contributed by atoms with Crippen molar-refractivity contribution in [2.75, 3.05) is 25.5 Å². The maximum Gasteiger partial charge on any atom is 0.202 e. The molecule has 13 heavy (non-hydrogen) atoms. The average molecular weight is 208 g/mol. The van der Waals surface area contributed by atoms with E-state index in [1.165, 1.54) is 0 Å². The summed E-state index contributed by atoms with van der Waals surface area (Å²) in [5.74, 6) is 0. The molecule has 0 aromatic heterocycles. The highest BCUT2D eigenvalue weighted by atomic mass is 31.2. The van der Waals surface area contributed by atoms with Crippen LogP contribution in [-0.4, -0.2) is 30.6 Å². The molecule has 0 saturated carbocycles. The summed E-state index contributed by atoms with van der Waals surface area (Å²) in [7, 11) is -2.41. The van der Waals surface area contributed by atoms with Gasteiger partial charge >= 0.3 is 0 Å². The summed E-state index contributed by atoms with van der Waals surface area (Å²) < 4.78 is 17.2. The Hall–Kier alpha value is 0.150. The molecule has 1 unspecified atom stereocenters. The van der Waals surface area contributed by atoms with Crippen LogP contribution in [0.3, 0.4) is 0 Å². The van der Waals surface area contributed by atoms with E-state index in [1.807, 2.05) is 6.92 Å². The highest BCUT2D eigenvalue weighted by Crippen LogP contribution is 2.46. The second-order valence-corrected chi connectivity index (χ2v) is 6.09. The fraction of sp³-hybridized carbons (Fsp3) is 1.00. The molecule has 0 saturated heterocycles. The molecule has 0 heterocycles. The Morgan fingerprint density at radius 2 is 2.00 bits per heavy atom. The van der Waals surface area contributed by atoms with Crippen molar-refractivity contribution in [3.8, 4) is 0 Å². The summed E-state index contributed by atoms with van der Waals surface area (Å²) in [4.78, 5) is 0. The molecule has 0 aromatic carbocycles. The van der Waals surface area contributed by atoms with E-state index in [9.17, 15) is 4.57 Å². The van der Waals surface area contributed by atoms with Crippen LogP contribution < -0.4 is 0 Å². The minimum absolute atomic E-state index is 0.0983. The summed E-state index contributed by atoms with van der Waals surface area (Å²) in [5.41, 5.74) is 0. The third kappa shape index (κ3) is 6.25. The van der Waals surface area contributed by atoms with Crippen LogP contribution in [-0.2, 0) is 9.09 Å². The molecule has 80 valence electrons. The van der Waals surface area contributed by atoms with Gasteiger partial charge in [-0.1, -0.05) is 20.3 Å². The number of aliphatic hydroxyl groups is 1. The number of hydrogen-bond donors (Lipinski definition) is 1. The van der Waals surface area contributed by atoms with E-state index in [2.05, 4.69) is 6.92 Å². The molecule has 4 heteroatoms. The van der Waals surface area contributed by atoms with Gasteiger partial charge in [0.1, 0.15) is 0 Å². The Labute approximate surface area is 80.9 Å². The summed E-state index contributed by atoms with van der Waals surface area (Å²) in [6, 6.07) is 0. The Balaban J connectivity index is 3.75. The van der Waals surface area contributed by atoms with E-state index in [4.69, 9.17) is 9.63 Å². The molecule has 1 atom stereocenters. The van der Waals surface area contributed by atoms with Crippen molar-refractivity contribution >= 4 is 7.37 Å². The first-order valence-electron chi connectivity index (χ1n) is 5.02. The monoisotopic (exact) mass is 208 g/mol. The van der Waals surface area contributed by atoms with Crippen molar-refractivity contribution in [1.82, 2.24) is 0 Å². The molecule has 0 aromatic rings. The van der Waals surface area contributed by atoms with Gasteiger partial charge in [0.25, 0.3) is 0 Å². The second-order valence-electron chi connectivity index (χ2n) is 3.12. The lowest BCUT2D eigenvalue weighted by molar-refractivity contribution is 0.282. The normalized spacial score (nSPS) is 15.6. The standard InChI is InChI=1S/C9H21O3P/c1-3-5-8-12-13(11,4-2)9-6-7-10/h10H,3-9H2,1-2H3. The Morgan fingerprint density at radius 1 is 1.31 bits per heavy atom. The second kappa shape index (κ2) is 7.54. The van der Waals surface area contributed by atoms with Gasteiger partial charge in [-0.2, -0.15) is 0 Å². The zero-order chi connectivity index (χ0) is 10.2. The molecule has 0 bridgehead atoms. The van der Waals surface area contributed by atoms with Crippen LogP contribution in [0, 0.1) is 0 Å². The molecular formula is C9H21O3P. The Kier molecular flexibility index (Phi) is 7.63. The number of aliphatic hydroxyl groups excluding tert-OH is 1. The molecule has 0 aliphatic heterocycles. The predicted molar refractivity (Wildman–Crippen MR) is 55.6 cm³/mol. The summed E-state index contributed by atoms with van der Waals surface area (Å²) >= 11 is 0. The van der Waals surface area contributed by atoms with E-state index < -0.39 is 7.37 Å². The molecule has 0 spiro atoms. The van der Waals surface area contributed by atoms with Crippen molar-refractivity contribution < 1.29 is 14.2 Å². The lowest BCUT2D eigenvalue weighted by atomic mass is 10.4. The van der Waals surface area contributed by atoms with Crippen LogP contribution in [0.5, 0.6) is 0 Å². The lowest BCUT2D eigenvalue weighted by Crippen LogP contribution is -2.01. The molecular weight excluding hydrogens is 187 g/mol. The largest absolute Gasteiger partial charge is 0.396 e. The van der Waals surface area contributed by atoms with Gasteiger partial charge in [-0.25, -0.2) is 0 Å². The van der Waals surface area contributed by atoms with Crippen LogP contribution in [0.1, 0.15) is 33.1 Å². The predicted octanol–water partition coefficient (Wildman–Crippen LogP) is 2.48. The quantitative estimate of drug-likeness (QED) is 0.492. The number of unbranched alkanes of at least 4 members (excludes halogenated alkanes) is 1. The van der Waals surface area contributed by atoms with Crippen LogP contribution >= 0.6 is 7.37 Å². The van der Waals surface area contributed by atoms with Crippen molar-refractivity contribution in [2.24, 2.45) is 0 Å². The topological polar surface area (TPSA) is 46.5 Å². The van der Waals surface area contributed by atoms with Crippen molar-refractivity contribution in [3.63, 3.8) is 0 Å². The third-order valence-electron chi connectivity index (χ3n) is 1.96. The van der Waals surface area contributed by atoms with Crippen molar-refractivity contribution in [1.29, 1.82) is 0 Å². The Bertz CT molecular complexity index is 159. The highest BCUT2D eigenvalue weighted by Gasteiger charge is 2.19. The van der Waals surface area contributed by atoms with E-state index in [-0.39, 0.29) is 6.61 Å². The van der Waals surface area contributed by atoms with Crippen LogP contribution in [0.25, 0.3) is 0 Å². The van der Waals surface area contributed by atoms with Gasteiger partial charge in [0, 0.05) is 18.9 Å². The fourth-order valence-electron chi connectivity index (χ4n) is 1.00. The third-order valence-corrected chi connectivity index (χ3v) is 4.58. The first-order chi connectivity index (χ1) is 6.18. The highest BCUT2D eigenvalue weighted by molar-refractivity contribution is 7.58. The molecule has 1 N–H and O–H groups in total. The lowest BCUT2D eigenvalue weighted by Gasteiger charge is -2.15. The molecule has 0 radical (unpaired) electrons. The molecule has 0 amide bonds. The zero-order valence-electron chi connectivity index (χ0n) is 8.66. The van der Waals surface area contributed by atoms with Gasteiger partial charge in [-0.3, -0.25) is 4.57 Å². The van der Waals surface area contributed by atoms with E-state index >= 15 is 0 Å². The van der Waals surface area contributed by atoms with Gasteiger partial charge < -0.3 is 9.63 Å². The average Bonchev–Trinajstić information content (AvgIpc) is 2.15. The van der Waals surface area contributed by atoms with Crippen molar-refractivity contribution in [3.05, 3.63) is 0 Å². The zero-order valence-corrected chi connectivity index (χ0v) is 9.56. The molecule has 0 aliphatic carbocycles. The van der Waals surface area contributed by atoms with Crippen LogP contribution in [0.2, 0.25) is 0 Å². The molecule has 0 aliphatic rings. The summed E-state index contributed by atoms with van der Waals surface area (Å²) in [6.45, 7) is 4.65. The van der Waals surface area contributed by atoms with E-state index in [0.29, 0.717) is 25.4 Å². The van der Waals surface area contributed by atoms with Crippen LogP contribution in [0.4, 0.5) is 0 Å². The fourth-order valence-corrected chi connectivity index (χ4v) is 2.71. The molecule has 0 rings (SSSR count). The van der Waals surface area contributed by atoms with E-state index in [1.54, 1.807) is 0 Å². The minimum Gasteiger partial charge on any atom is -0.396 e. The number of hydrogen-bond acceptors (Lipinski definition) is 3. The van der Waals surface area contributed by atoms with Gasteiger partial charge in [0.2, 0.25) is 7.37 Å². The first-order valence-corrected chi connectivity index (χ1v) is 7.01. The summed E-state index contributed by atoms with van der Waals surface area (Å²) in [5, 5.41) is 8.62. The summed E-state index contributed by atoms with van der Waals surface area (Å²) in [6.07, 6.45) is 3.70.